The van der Waals surface area contributed by atoms with E-state index >= 15 is 0 Å². The molecule has 0 radical (unpaired) electrons. The summed E-state index contributed by atoms with van der Waals surface area (Å²) in [6.07, 6.45) is 1.25. The van der Waals surface area contributed by atoms with E-state index in [9.17, 15) is 0 Å². The lowest BCUT2D eigenvalue weighted by molar-refractivity contribution is 0.630. The second kappa shape index (κ2) is 3.53. The van der Waals surface area contributed by atoms with Crippen LogP contribution in [0.3, 0.4) is 0 Å². The van der Waals surface area contributed by atoms with E-state index in [1.54, 1.807) is 0 Å². The Balaban J connectivity index is 2.16. The zero-order chi connectivity index (χ0) is 11.1. The van der Waals surface area contributed by atoms with E-state index in [0.29, 0.717) is 18.0 Å². The van der Waals surface area contributed by atoms with Crippen molar-refractivity contribution in [2.75, 3.05) is 5.32 Å². The van der Waals surface area contributed by atoms with E-state index in [1.165, 1.54) is 23.2 Å². The molecule has 0 aromatic heterocycles. The SMILES string of the molecule is Cc1ccc(CN)c(NC2CC2(C)C)c1. The fraction of sp³-hybridized carbons (Fsp3) is 0.538. The summed E-state index contributed by atoms with van der Waals surface area (Å²) in [5.41, 5.74) is 9.89. The minimum Gasteiger partial charge on any atom is -0.381 e. The van der Waals surface area contributed by atoms with Crippen LogP contribution < -0.4 is 11.1 Å². The lowest BCUT2D eigenvalue weighted by Gasteiger charge is -2.13. The Hall–Kier alpha value is -1.02. The van der Waals surface area contributed by atoms with Crippen molar-refractivity contribution in [3.63, 3.8) is 0 Å². The zero-order valence-electron chi connectivity index (χ0n) is 9.80. The van der Waals surface area contributed by atoms with Gasteiger partial charge in [-0.25, -0.2) is 0 Å². The number of anilines is 1. The summed E-state index contributed by atoms with van der Waals surface area (Å²) < 4.78 is 0. The molecule has 1 fully saturated rings. The van der Waals surface area contributed by atoms with E-state index in [-0.39, 0.29) is 0 Å². The molecule has 1 saturated carbocycles. The Labute approximate surface area is 91.9 Å². The molecule has 1 aliphatic rings. The number of rotatable bonds is 3. The standard InChI is InChI=1S/C13H20N2/c1-9-4-5-10(8-14)11(6-9)15-12-7-13(12,2)3/h4-6,12,15H,7-8,14H2,1-3H3. The Kier molecular flexibility index (Phi) is 2.47. The Bertz CT molecular complexity index is 369. The number of aryl methyl sites for hydroxylation is 1. The number of nitrogens with one attached hydrogen (secondary N) is 1. The molecule has 2 heteroatoms. The lowest BCUT2D eigenvalue weighted by Crippen LogP contribution is -2.11. The molecule has 0 spiro atoms. The first-order valence-corrected chi connectivity index (χ1v) is 5.59. The van der Waals surface area contributed by atoms with Gasteiger partial charge in [0.1, 0.15) is 0 Å². The van der Waals surface area contributed by atoms with Gasteiger partial charge in [0.25, 0.3) is 0 Å². The molecule has 82 valence electrons. The smallest absolute Gasteiger partial charge is 0.0390 e. The van der Waals surface area contributed by atoms with Crippen LogP contribution in [-0.4, -0.2) is 6.04 Å². The van der Waals surface area contributed by atoms with Crippen LogP contribution in [0.15, 0.2) is 18.2 Å². The monoisotopic (exact) mass is 204 g/mol. The van der Waals surface area contributed by atoms with Crippen LogP contribution in [0.5, 0.6) is 0 Å². The molecule has 1 aromatic rings. The minimum atomic E-state index is 0.454. The molecular formula is C13H20N2. The van der Waals surface area contributed by atoms with Crippen molar-refractivity contribution in [2.45, 2.75) is 39.8 Å². The Morgan fingerprint density at radius 1 is 1.47 bits per heavy atom. The second-order valence-corrected chi connectivity index (χ2v) is 5.25. The Morgan fingerprint density at radius 2 is 2.13 bits per heavy atom. The van der Waals surface area contributed by atoms with Gasteiger partial charge in [-0.2, -0.15) is 0 Å². The van der Waals surface area contributed by atoms with Crippen molar-refractivity contribution < 1.29 is 0 Å². The topological polar surface area (TPSA) is 38.0 Å². The van der Waals surface area contributed by atoms with Crippen LogP contribution in [-0.2, 0) is 6.54 Å². The van der Waals surface area contributed by atoms with Gasteiger partial charge in [0, 0.05) is 18.3 Å². The highest BCUT2D eigenvalue weighted by Crippen LogP contribution is 2.46. The van der Waals surface area contributed by atoms with Crippen molar-refractivity contribution in [3.05, 3.63) is 29.3 Å². The van der Waals surface area contributed by atoms with Crippen LogP contribution in [0.2, 0.25) is 0 Å². The van der Waals surface area contributed by atoms with Gasteiger partial charge < -0.3 is 11.1 Å². The van der Waals surface area contributed by atoms with Gasteiger partial charge in [-0.1, -0.05) is 26.0 Å². The average Bonchev–Trinajstić information content (AvgIpc) is 2.74. The fourth-order valence-corrected chi connectivity index (χ4v) is 1.90. The van der Waals surface area contributed by atoms with Crippen LogP contribution in [0.25, 0.3) is 0 Å². The third kappa shape index (κ3) is 2.15. The number of nitrogens with two attached hydrogens (primary N) is 1. The summed E-state index contributed by atoms with van der Waals surface area (Å²) in [5.74, 6) is 0. The van der Waals surface area contributed by atoms with Crippen LogP contribution in [0.4, 0.5) is 5.69 Å². The number of hydrogen-bond acceptors (Lipinski definition) is 2. The third-order valence-corrected chi connectivity index (χ3v) is 3.33. The summed E-state index contributed by atoms with van der Waals surface area (Å²) in [5, 5.41) is 3.59. The van der Waals surface area contributed by atoms with Gasteiger partial charge in [0.05, 0.1) is 0 Å². The molecule has 2 rings (SSSR count). The molecule has 2 nitrogen and oxygen atoms in total. The maximum atomic E-state index is 5.72. The van der Waals surface area contributed by atoms with Crippen LogP contribution in [0, 0.1) is 12.3 Å². The summed E-state index contributed by atoms with van der Waals surface area (Å²) in [4.78, 5) is 0. The van der Waals surface area contributed by atoms with E-state index < -0.39 is 0 Å². The highest BCUT2D eigenvalue weighted by Gasteiger charge is 2.45. The van der Waals surface area contributed by atoms with Gasteiger partial charge in [-0.3, -0.25) is 0 Å². The summed E-state index contributed by atoms with van der Waals surface area (Å²) in [7, 11) is 0. The molecule has 1 aromatic carbocycles. The van der Waals surface area contributed by atoms with Crippen molar-refractivity contribution in [1.82, 2.24) is 0 Å². The predicted molar refractivity (Wildman–Crippen MR) is 64.9 cm³/mol. The zero-order valence-corrected chi connectivity index (χ0v) is 9.80. The molecule has 0 amide bonds. The third-order valence-electron chi connectivity index (χ3n) is 3.33. The minimum absolute atomic E-state index is 0.454. The van der Waals surface area contributed by atoms with Crippen molar-refractivity contribution in [1.29, 1.82) is 0 Å². The molecule has 1 unspecified atom stereocenters. The normalized spacial score (nSPS) is 22.5. The Morgan fingerprint density at radius 3 is 2.67 bits per heavy atom. The lowest BCUT2D eigenvalue weighted by atomic mass is 10.1. The largest absolute Gasteiger partial charge is 0.381 e. The van der Waals surface area contributed by atoms with E-state index in [0.717, 1.165) is 0 Å². The quantitative estimate of drug-likeness (QED) is 0.794. The molecule has 1 atom stereocenters. The van der Waals surface area contributed by atoms with Gasteiger partial charge >= 0.3 is 0 Å². The van der Waals surface area contributed by atoms with Crippen molar-refractivity contribution >= 4 is 5.69 Å². The van der Waals surface area contributed by atoms with E-state index in [4.69, 9.17) is 5.73 Å². The molecule has 0 bridgehead atoms. The van der Waals surface area contributed by atoms with Crippen LogP contribution >= 0.6 is 0 Å². The number of benzene rings is 1. The molecule has 15 heavy (non-hydrogen) atoms. The summed E-state index contributed by atoms with van der Waals surface area (Å²) in [6.45, 7) is 7.31. The highest BCUT2D eigenvalue weighted by atomic mass is 15.0. The fourth-order valence-electron chi connectivity index (χ4n) is 1.90. The summed E-state index contributed by atoms with van der Waals surface area (Å²) in [6, 6.07) is 7.04. The first-order valence-electron chi connectivity index (χ1n) is 5.59. The maximum absolute atomic E-state index is 5.72. The van der Waals surface area contributed by atoms with Gasteiger partial charge in [0.15, 0.2) is 0 Å². The maximum Gasteiger partial charge on any atom is 0.0390 e. The first-order chi connectivity index (χ1) is 7.03. The predicted octanol–water partition coefficient (Wildman–Crippen LogP) is 2.66. The molecule has 0 aliphatic heterocycles. The van der Waals surface area contributed by atoms with Gasteiger partial charge in [0.2, 0.25) is 0 Å². The van der Waals surface area contributed by atoms with Crippen molar-refractivity contribution in [2.24, 2.45) is 11.1 Å². The van der Waals surface area contributed by atoms with Gasteiger partial charge in [-0.15, -0.1) is 0 Å². The van der Waals surface area contributed by atoms with Crippen LogP contribution in [0.1, 0.15) is 31.4 Å². The second-order valence-electron chi connectivity index (χ2n) is 5.25. The first kappa shape index (κ1) is 10.5. The summed E-state index contributed by atoms with van der Waals surface area (Å²) >= 11 is 0. The van der Waals surface area contributed by atoms with Crippen molar-refractivity contribution in [3.8, 4) is 0 Å². The average molecular weight is 204 g/mol. The molecule has 1 aliphatic carbocycles. The molecule has 3 N–H and O–H groups in total. The number of hydrogen-bond donors (Lipinski definition) is 2. The highest BCUT2D eigenvalue weighted by molar-refractivity contribution is 5.55. The molecular weight excluding hydrogens is 184 g/mol. The van der Waals surface area contributed by atoms with E-state index in [2.05, 4.69) is 44.3 Å². The van der Waals surface area contributed by atoms with Gasteiger partial charge in [-0.05, 0) is 36.0 Å². The molecule has 0 saturated heterocycles. The molecule has 0 heterocycles. The van der Waals surface area contributed by atoms with E-state index in [1.807, 2.05) is 0 Å².